The van der Waals surface area contributed by atoms with Crippen molar-refractivity contribution in [3.63, 3.8) is 0 Å². The number of fused-ring (bicyclic) bond motifs is 1. The van der Waals surface area contributed by atoms with Crippen LogP contribution < -0.4 is 5.73 Å². The molecule has 2 aliphatic rings. The fraction of sp³-hybridized carbons (Fsp3) is 0.467. The zero-order valence-corrected chi connectivity index (χ0v) is 11.7. The monoisotopic (exact) mass is 258 g/mol. The van der Waals surface area contributed by atoms with Crippen LogP contribution in [0.1, 0.15) is 48.4 Å². The van der Waals surface area contributed by atoms with Crippen LogP contribution in [0.5, 0.6) is 0 Å². The van der Waals surface area contributed by atoms with Crippen molar-refractivity contribution in [3.05, 3.63) is 29.3 Å². The van der Waals surface area contributed by atoms with Crippen LogP contribution in [0.3, 0.4) is 0 Å². The first kappa shape index (κ1) is 12.2. The Morgan fingerprint density at radius 1 is 1.05 bits per heavy atom. The Labute approximate surface area is 112 Å². The molecular weight excluding hydrogens is 240 g/mol. The van der Waals surface area contributed by atoms with Gasteiger partial charge >= 0.3 is 0 Å². The van der Waals surface area contributed by atoms with Crippen LogP contribution in [-0.4, -0.2) is 22.8 Å². The van der Waals surface area contributed by atoms with E-state index in [-0.39, 0.29) is 28.7 Å². The van der Waals surface area contributed by atoms with Crippen molar-refractivity contribution in [2.45, 2.75) is 33.7 Å². The van der Waals surface area contributed by atoms with Gasteiger partial charge < -0.3 is 5.73 Å². The van der Waals surface area contributed by atoms with E-state index in [2.05, 4.69) is 27.7 Å². The summed E-state index contributed by atoms with van der Waals surface area (Å²) in [5.41, 5.74) is 6.91. The van der Waals surface area contributed by atoms with E-state index in [0.717, 1.165) is 0 Å². The molecule has 0 unspecified atom stereocenters. The maximum absolute atomic E-state index is 12.5. The van der Waals surface area contributed by atoms with Gasteiger partial charge in [-0.25, -0.2) is 0 Å². The quantitative estimate of drug-likeness (QED) is 0.621. The standard InChI is InChI=1S/C15H18N2O2/c1-14(2)13(15(14,3)4)17-11(18)8-6-5-7-9(16)10(8)12(17)19/h5-7,13H,16H2,1-4H3. The molecule has 1 aliphatic carbocycles. The normalized spacial score (nSPS) is 23.7. The summed E-state index contributed by atoms with van der Waals surface area (Å²) in [7, 11) is 0. The molecule has 0 bridgehead atoms. The van der Waals surface area contributed by atoms with Crippen molar-refractivity contribution in [1.82, 2.24) is 4.90 Å². The number of nitrogens with two attached hydrogens (primary N) is 1. The summed E-state index contributed by atoms with van der Waals surface area (Å²) in [6.45, 7) is 8.35. The molecule has 0 atom stereocenters. The maximum Gasteiger partial charge on any atom is 0.263 e. The second kappa shape index (κ2) is 3.18. The van der Waals surface area contributed by atoms with E-state index in [9.17, 15) is 9.59 Å². The summed E-state index contributed by atoms with van der Waals surface area (Å²) in [5.74, 6) is -0.460. The van der Waals surface area contributed by atoms with E-state index in [1.54, 1.807) is 18.2 Å². The Morgan fingerprint density at radius 3 is 2.11 bits per heavy atom. The van der Waals surface area contributed by atoms with Crippen LogP contribution in [0.15, 0.2) is 18.2 Å². The van der Waals surface area contributed by atoms with Crippen molar-refractivity contribution < 1.29 is 9.59 Å². The largest absolute Gasteiger partial charge is 0.398 e. The molecule has 0 spiro atoms. The number of amides is 2. The van der Waals surface area contributed by atoms with Crippen LogP contribution in [0.2, 0.25) is 0 Å². The number of imide groups is 1. The molecular formula is C15H18N2O2. The fourth-order valence-corrected chi connectivity index (χ4v) is 3.37. The van der Waals surface area contributed by atoms with Gasteiger partial charge in [-0.3, -0.25) is 14.5 Å². The fourth-order valence-electron chi connectivity index (χ4n) is 3.37. The lowest BCUT2D eigenvalue weighted by molar-refractivity contribution is 0.0613. The number of hydrogen-bond donors (Lipinski definition) is 1. The van der Waals surface area contributed by atoms with Crippen LogP contribution in [0.4, 0.5) is 5.69 Å². The molecule has 3 rings (SSSR count). The number of carbonyl (C=O) groups is 2. The van der Waals surface area contributed by atoms with E-state index in [1.165, 1.54) is 4.90 Å². The van der Waals surface area contributed by atoms with Crippen molar-refractivity contribution in [1.29, 1.82) is 0 Å². The van der Waals surface area contributed by atoms with Crippen molar-refractivity contribution in [2.75, 3.05) is 5.73 Å². The highest BCUT2D eigenvalue weighted by molar-refractivity contribution is 6.24. The van der Waals surface area contributed by atoms with Crippen LogP contribution in [-0.2, 0) is 0 Å². The molecule has 1 heterocycles. The summed E-state index contributed by atoms with van der Waals surface area (Å²) in [5, 5.41) is 0. The molecule has 19 heavy (non-hydrogen) atoms. The molecule has 2 N–H and O–H groups in total. The summed E-state index contributed by atoms with van der Waals surface area (Å²) in [4.78, 5) is 26.4. The van der Waals surface area contributed by atoms with Gasteiger partial charge in [-0.15, -0.1) is 0 Å². The Bertz CT molecular complexity index is 603. The van der Waals surface area contributed by atoms with Crippen molar-refractivity contribution in [3.8, 4) is 0 Å². The van der Waals surface area contributed by atoms with Gasteiger partial charge in [0.2, 0.25) is 0 Å². The highest BCUT2D eigenvalue weighted by Gasteiger charge is 2.70. The SMILES string of the molecule is CC1(C)C(N2C(=O)c3cccc(N)c3C2=O)C1(C)C. The Kier molecular flexibility index (Phi) is 2.04. The van der Waals surface area contributed by atoms with Gasteiger partial charge in [0.25, 0.3) is 11.8 Å². The number of hydrogen-bond acceptors (Lipinski definition) is 3. The summed E-state index contributed by atoms with van der Waals surface area (Å²) in [6.07, 6.45) is 0. The topological polar surface area (TPSA) is 63.4 Å². The minimum absolute atomic E-state index is 0.0604. The van der Waals surface area contributed by atoms with E-state index >= 15 is 0 Å². The Balaban J connectivity index is 2.09. The predicted molar refractivity (Wildman–Crippen MR) is 72.7 cm³/mol. The lowest BCUT2D eigenvalue weighted by Crippen LogP contribution is -2.35. The lowest BCUT2D eigenvalue weighted by atomic mass is 10.0. The summed E-state index contributed by atoms with van der Waals surface area (Å²) in [6, 6.07) is 4.99. The third-order valence-corrected chi connectivity index (χ3v) is 5.18. The molecule has 0 aromatic heterocycles. The molecule has 4 heteroatoms. The first-order chi connectivity index (χ1) is 8.71. The van der Waals surface area contributed by atoms with Gasteiger partial charge in [0.05, 0.1) is 17.2 Å². The van der Waals surface area contributed by atoms with Crippen molar-refractivity contribution >= 4 is 17.5 Å². The molecule has 1 aliphatic heterocycles. The molecule has 1 fully saturated rings. The zero-order valence-electron chi connectivity index (χ0n) is 11.7. The second-order valence-electron chi connectivity index (χ2n) is 6.60. The average molecular weight is 258 g/mol. The molecule has 1 aromatic carbocycles. The van der Waals surface area contributed by atoms with Gasteiger partial charge in [0.15, 0.2) is 0 Å². The van der Waals surface area contributed by atoms with Gasteiger partial charge in [-0.05, 0) is 23.0 Å². The number of carbonyl (C=O) groups excluding carboxylic acids is 2. The van der Waals surface area contributed by atoms with E-state index < -0.39 is 0 Å². The number of nitrogens with zero attached hydrogens (tertiary/aromatic N) is 1. The second-order valence-corrected chi connectivity index (χ2v) is 6.60. The average Bonchev–Trinajstić information content (AvgIpc) is 2.58. The highest BCUT2D eigenvalue weighted by Crippen LogP contribution is 2.66. The number of anilines is 1. The molecule has 2 amide bonds. The molecule has 0 saturated heterocycles. The van der Waals surface area contributed by atoms with Crippen molar-refractivity contribution in [2.24, 2.45) is 10.8 Å². The maximum atomic E-state index is 12.5. The summed E-state index contributed by atoms with van der Waals surface area (Å²) >= 11 is 0. The van der Waals surface area contributed by atoms with Crippen LogP contribution in [0, 0.1) is 10.8 Å². The van der Waals surface area contributed by atoms with Crippen LogP contribution in [0.25, 0.3) is 0 Å². The van der Waals surface area contributed by atoms with Gasteiger partial charge in [-0.1, -0.05) is 33.8 Å². The molecule has 1 aromatic rings. The van der Waals surface area contributed by atoms with E-state index in [4.69, 9.17) is 5.73 Å². The predicted octanol–water partition coefficient (Wildman–Crippen LogP) is 2.30. The smallest absolute Gasteiger partial charge is 0.263 e. The highest BCUT2D eigenvalue weighted by atomic mass is 16.2. The lowest BCUT2D eigenvalue weighted by Gasteiger charge is -2.16. The minimum Gasteiger partial charge on any atom is -0.398 e. The first-order valence-corrected chi connectivity index (χ1v) is 6.47. The Morgan fingerprint density at radius 2 is 1.63 bits per heavy atom. The molecule has 100 valence electrons. The first-order valence-electron chi connectivity index (χ1n) is 6.47. The van der Waals surface area contributed by atoms with Gasteiger partial charge in [0, 0.05) is 5.69 Å². The van der Waals surface area contributed by atoms with Crippen LogP contribution >= 0.6 is 0 Å². The molecule has 0 radical (unpaired) electrons. The third kappa shape index (κ3) is 1.24. The van der Waals surface area contributed by atoms with E-state index in [0.29, 0.717) is 16.8 Å². The zero-order chi connectivity index (χ0) is 14.2. The minimum atomic E-state index is -0.248. The third-order valence-electron chi connectivity index (χ3n) is 5.18. The Hall–Kier alpha value is -1.84. The number of benzene rings is 1. The van der Waals surface area contributed by atoms with Gasteiger partial charge in [-0.2, -0.15) is 0 Å². The van der Waals surface area contributed by atoms with E-state index in [1.807, 2.05) is 0 Å². The molecule has 4 nitrogen and oxygen atoms in total. The number of nitrogen functional groups attached to an aromatic ring is 1. The summed E-state index contributed by atoms with van der Waals surface area (Å²) < 4.78 is 0. The van der Waals surface area contributed by atoms with Gasteiger partial charge in [0.1, 0.15) is 0 Å². The number of rotatable bonds is 1. The molecule has 1 saturated carbocycles.